The van der Waals surface area contributed by atoms with E-state index in [1.807, 2.05) is 6.92 Å². The number of aliphatic hydroxyl groups excluding tert-OH is 1. The highest BCUT2D eigenvalue weighted by Crippen LogP contribution is 2.50. The second kappa shape index (κ2) is 15.4. The van der Waals surface area contributed by atoms with E-state index in [9.17, 15) is 27.8 Å². The van der Waals surface area contributed by atoms with Crippen molar-refractivity contribution in [1.29, 1.82) is 0 Å². The van der Waals surface area contributed by atoms with Gasteiger partial charge >= 0.3 is 0 Å². The van der Waals surface area contributed by atoms with Crippen LogP contribution < -0.4 is 20.3 Å². The van der Waals surface area contributed by atoms with Crippen LogP contribution in [0.5, 0.6) is 0 Å². The SMILES string of the molecule is CCNc1cc(C(=O)N[C@@H](Cc2ccc(F)c(F)c2)[C@H](O)CNC2CCCCC2)cc(N2CCCCS2(O)O)c1.Cl. The van der Waals surface area contributed by atoms with Crippen LogP contribution in [0, 0.1) is 11.6 Å². The lowest BCUT2D eigenvalue weighted by atomic mass is 9.94. The number of benzene rings is 2. The molecule has 2 aromatic carbocycles. The standard InChI is InChI=1S/C29H42F2N4O4S.ClH/c1-2-32-23-16-21(17-24(18-23)35-12-6-7-13-40(35,38)39)29(37)34-27(15-20-10-11-25(30)26(31)14-20)28(36)19-33-22-8-4-3-5-9-22;/h10-11,14,16-18,22,27-28,32-33,36,38-39H,2-9,12-13,15,19H2,1H3,(H,34,37);1H/t27-,28+;/m0./s1. The summed E-state index contributed by atoms with van der Waals surface area (Å²) in [5.41, 5.74) is 1.92. The Morgan fingerprint density at radius 3 is 2.49 bits per heavy atom. The van der Waals surface area contributed by atoms with Crippen LogP contribution in [0.4, 0.5) is 20.2 Å². The quantitative estimate of drug-likeness (QED) is 0.192. The predicted molar refractivity (Wildman–Crippen MR) is 164 cm³/mol. The van der Waals surface area contributed by atoms with E-state index < -0.39 is 40.5 Å². The molecule has 0 unspecified atom stereocenters. The topological polar surface area (TPSA) is 117 Å². The highest BCUT2D eigenvalue weighted by molar-refractivity contribution is 8.25. The van der Waals surface area contributed by atoms with Gasteiger partial charge in [0.1, 0.15) is 0 Å². The van der Waals surface area contributed by atoms with Gasteiger partial charge in [0.25, 0.3) is 5.91 Å². The summed E-state index contributed by atoms with van der Waals surface area (Å²) in [4.78, 5) is 13.6. The molecule has 1 saturated heterocycles. The monoisotopic (exact) mass is 616 g/mol. The zero-order chi connectivity index (χ0) is 28.7. The molecule has 4 rings (SSSR count). The third-order valence-corrected chi connectivity index (χ3v) is 9.61. The molecule has 0 aromatic heterocycles. The lowest BCUT2D eigenvalue weighted by Crippen LogP contribution is -2.50. The lowest BCUT2D eigenvalue weighted by Gasteiger charge is -2.47. The molecule has 2 aliphatic rings. The molecule has 230 valence electrons. The van der Waals surface area contributed by atoms with E-state index in [0.717, 1.165) is 50.7 Å². The molecule has 2 fully saturated rings. The van der Waals surface area contributed by atoms with E-state index in [2.05, 4.69) is 16.0 Å². The van der Waals surface area contributed by atoms with Gasteiger partial charge < -0.3 is 21.1 Å². The third kappa shape index (κ3) is 9.17. The Kier molecular flexibility index (Phi) is 12.5. The second-order valence-electron chi connectivity index (χ2n) is 10.8. The Morgan fingerprint density at radius 2 is 1.80 bits per heavy atom. The van der Waals surface area contributed by atoms with E-state index in [4.69, 9.17) is 0 Å². The number of anilines is 2. The van der Waals surface area contributed by atoms with Gasteiger partial charge in [-0.2, -0.15) is 0 Å². The second-order valence-corrected chi connectivity index (χ2v) is 12.9. The van der Waals surface area contributed by atoms with Crippen molar-refractivity contribution >= 4 is 40.5 Å². The fourth-order valence-corrected chi connectivity index (χ4v) is 7.17. The molecule has 0 radical (unpaired) electrons. The Morgan fingerprint density at radius 1 is 1.05 bits per heavy atom. The van der Waals surface area contributed by atoms with Crippen molar-refractivity contribution in [2.75, 3.05) is 35.0 Å². The first-order valence-corrected chi connectivity index (χ1v) is 15.9. The summed E-state index contributed by atoms with van der Waals surface area (Å²) < 4.78 is 50.4. The smallest absolute Gasteiger partial charge is 0.251 e. The van der Waals surface area contributed by atoms with Crippen molar-refractivity contribution in [3.05, 3.63) is 59.2 Å². The van der Waals surface area contributed by atoms with Crippen LogP contribution in [-0.4, -0.2) is 63.7 Å². The first-order chi connectivity index (χ1) is 19.2. The molecule has 0 spiro atoms. The summed E-state index contributed by atoms with van der Waals surface area (Å²) in [6.45, 7) is 3.24. The van der Waals surface area contributed by atoms with Gasteiger partial charge in [-0.3, -0.25) is 18.2 Å². The van der Waals surface area contributed by atoms with E-state index in [0.29, 0.717) is 36.1 Å². The average Bonchev–Trinajstić information content (AvgIpc) is 2.93. The van der Waals surface area contributed by atoms with Crippen molar-refractivity contribution in [2.45, 2.75) is 76.5 Å². The molecule has 1 saturated carbocycles. The summed E-state index contributed by atoms with van der Waals surface area (Å²) in [7, 11) is -2.99. The van der Waals surface area contributed by atoms with Crippen molar-refractivity contribution in [2.24, 2.45) is 0 Å². The van der Waals surface area contributed by atoms with Crippen LogP contribution in [-0.2, 0) is 6.42 Å². The Labute approximate surface area is 249 Å². The van der Waals surface area contributed by atoms with Gasteiger partial charge in [-0.1, -0.05) is 25.3 Å². The highest BCUT2D eigenvalue weighted by Gasteiger charge is 2.29. The van der Waals surface area contributed by atoms with Gasteiger partial charge in [0.15, 0.2) is 11.6 Å². The highest BCUT2D eigenvalue weighted by atomic mass is 35.5. The molecular formula is C29H43ClF2N4O4S. The van der Waals surface area contributed by atoms with Gasteiger partial charge in [0.05, 0.1) is 23.6 Å². The number of aliphatic hydroxyl groups is 1. The molecule has 2 atom stereocenters. The number of carbonyl (C=O) groups is 1. The summed E-state index contributed by atoms with van der Waals surface area (Å²) in [5, 5.41) is 20.7. The Balaban J connectivity index is 0.00000462. The van der Waals surface area contributed by atoms with Gasteiger partial charge in [-0.25, -0.2) is 8.78 Å². The Hall–Kier alpha value is -2.15. The zero-order valence-electron chi connectivity index (χ0n) is 23.5. The first kappa shape index (κ1) is 33.4. The minimum atomic E-state index is -2.99. The number of amides is 1. The molecule has 2 aromatic rings. The van der Waals surface area contributed by atoms with Crippen LogP contribution in [0.25, 0.3) is 0 Å². The number of hydrogen-bond donors (Lipinski definition) is 6. The number of nitrogens with one attached hydrogen (secondary N) is 3. The molecule has 12 heteroatoms. The molecule has 0 bridgehead atoms. The fraction of sp³-hybridized carbons (Fsp3) is 0.552. The molecule has 1 aliphatic heterocycles. The summed E-state index contributed by atoms with van der Waals surface area (Å²) >= 11 is 0. The minimum Gasteiger partial charge on any atom is -0.390 e. The fourth-order valence-electron chi connectivity index (χ4n) is 5.49. The molecule has 41 heavy (non-hydrogen) atoms. The van der Waals surface area contributed by atoms with Gasteiger partial charge in [-0.05, 0) is 74.9 Å². The lowest BCUT2D eigenvalue weighted by molar-refractivity contribution is 0.0821. The average molecular weight is 617 g/mol. The number of nitrogens with zero attached hydrogens (tertiary/aromatic N) is 1. The predicted octanol–water partition coefficient (Wildman–Crippen LogP) is 5.71. The van der Waals surface area contributed by atoms with Crippen LogP contribution in [0.1, 0.15) is 67.8 Å². The number of carbonyl (C=O) groups excluding carboxylic acids is 1. The molecule has 1 aliphatic carbocycles. The van der Waals surface area contributed by atoms with Crippen molar-refractivity contribution in [3.63, 3.8) is 0 Å². The number of rotatable bonds is 11. The van der Waals surface area contributed by atoms with Gasteiger partial charge in [0, 0.05) is 36.9 Å². The van der Waals surface area contributed by atoms with Crippen LogP contribution in [0.3, 0.4) is 0 Å². The van der Waals surface area contributed by atoms with Crippen molar-refractivity contribution in [1.82, 2.24) is 10.6 Å². The largest absolute Gasteiger partial charge is 0.390 e. The number of halogens is 3. The Bertz CT molecular complexity index is 1160. The molecule has 6 N–H and O–H groups in total. The molecule has 8 nitrogen and oxygen atoms in total. The maximum Gasteiger partial charge on any atom is 0.251 e. The summed E-state index contributed by atoms with van der Waals surface area (Å²) in [6.07, 6.45) is 6.18. The number of hydrogen-bond acceptors (Lipinski definition) is 7. The van der Waals surface area contributed by atoms with E-state index in [-0.39, 0.29) is 36.7 Å². The van der Waals surface area contributed by atoms with Crippen LogP contribution in [0.2, 0.25) is 0 Å². The molecule has 1 heterocycles. The molecular weight excluding hydrogens is 574 g/mol. The summed E-state index contributed by atoms with van der Waals surface area (Å²) in [6, 6.07) is 8.18. The normalized spacial score (nSPS) is 19.5. The van der Waals surface area contributed by atoms with E-state index in [1.165, 1.54) is 12.5 Å². The van der Waals surface area contributed by atoms with Gasteiger partial charge in [0.2, 0.25) is 0 Å². The van der Waals surface area contributed by atoms with Crippen LogP contribution in [0.15, 0.2) is 36.4 Å². The van der Waals surface area contributed by atoms with E-state index in [1.54, 1.807) is 22.5 Å². The summed E-state index contributed by atoms with van der Waals surface area (Å²) in [5.74, 6) is -2.13. The van der Waals surface area contributed by atoms with Crippen LogP contribution >= 0.6 is 23.2 Å². The third-order valence-electron chi connectivity index (χ3n) is 7.67. The zero-order valence-corrected chi connectivity index (χ0v) is 25.1. The maximum atomic E-state index is 14.0. The molecule has 1 amide bonds. The van der Waals surface area contributed by atoms with Gasteiger partial charge in [-0.15, -0.1) is 23.2 Å². The first-order valence-electron chi connectivity index (χ1n) is 14.2. The van der Waals surface area contributed by atoms with E-state index >= 15 is 0 Å². The minimum absolute atomic E-state index is 0. The van der Waals surface area contributed by atoms with Crippen molar-refractivity contribution < 1.29 is 27.8 Å². The maximum absolute atomic E-state index is 14.0. The van der Waals surface area contributed by atoms with Crippen molar-refractivity contribution in [3.8, 4) is 0 Å².